The molecule has 24 heavy (non-hydrogen) atoms. The Hall–Kier alpha value is -2.48. The fourth-order valence-electron chi connectivity index (χ4n) is 1.91. The molecule has 0 saturated carbocycles. The van der Waals surface area contributed by atoms with E-state index in [0.29, 0.717) is 5.75 Å². The number of ether oxygens (including phenoxy) is 1. The molecule has 1 N–H and O–H groups in total. The molecule has 0 radical (unpaired) electrons. The van der Waals surface area contributed by atoms with E-state index in [1.54, 1.807) is 6.07 Å². The summed E-state index contributed by atoms with van der Waals surface area (Å²) in [5, 5.41) is 16.3. The zero-order valence-corrected chi connectivity index (χ0v) is 14.8. The third-order valence-electron chi connectivity index (χ3n) is 3.16. The van der Waals surface area contributed by atoms with Gasteiger partial charge in [0.2, 0.25) is 5.91 Å². The van der Waals surface area contributed by atoms with Gasteiger partial charge in [-0.1, -0.05) is 20.8 Å². The largest absolute Gasteiger partial charge is 0.486 e. The third-order valence-corrected chi connectivity index (χ3v) is 3.98. The number of hydrogen-bond acceptors (Lipinski definition) is 6. The molecule has 1 aromatic heterocycles. The van der Waals surface area contributed by atoms with Crippen LogP contribution in [0.1, 0.15) is 38.4 Å². The number of benzene rings is 1. The number of nitrogens with zero attached hydrogens (tertiary/aromatic N) is 2. The van der Waals surface area contributed by atoms with Gasteiger partial charge in [-0.05, 0) is 12.1 Å². The van der Waals surface area contributed by atoms with E-state index in [1.165, 1.54) is 30.4 Å². The van der Waals surface area contributed by atoms with Crippen LogP contribution in [0.15, 0.2) is 23.6 Å². The third kappa shape index (κ3) is 4.51. The maximum Gasteiger partial charge on any atom is 0.296 e. The van der Waals surface area contributed by atoms with E-state index >= 15 is 0 Å². The van der Waals surface area contributed by atoms with Crippen LogP contribution in [0.5, 0.6) is 5.75 Å². The minimum Gasteiger partial charge on any atom is -0.486 e. The number of rotatable bonds is 5. The number of nitro groups is 1. The molecule has 1 amide bonds. The van der Waals surface area contributed by atoms with Crippen LogP contribution in [-0.2, 0) is 16.8 Å². The highest BCUT2D eigenvalue weighted by Gasteiger charge is 2.19. The van der Waals surface area contributed by atoms with E-state index in [2.05, 4.69) is 31.1 Å². The highest BCUT2D eigenvalue weighted by atomic mass is 32.1. The zero-order valence-electron chi connectivity index (χ0n) is 14.0. The number of aromatic nitrogens is 1. The Morgan fingerprint density at radius 3 is 2.67 bits per heavy atom. The maximum absolute atomic E-state index is 11.1. The number of carbonyl (C=O) groups is 1. The van der Waals surface area contributed by atoms with Gasteiger partial charge in [0, 0.05) is 17.7 Å². The van der Waals surface area contributed by atoms with Gasteiger partial charge in [-0.2, -0.15) is 0 Å². The van der Waals surface area contributed by atoms with Gasteiger partial charge in [0.15, 0.2) is 0 Å². The molecule has 0 saturated heterocycles. The molecule has 2 aromatic rings. The molecule has 0 atom stereocenters. The molecule has 0 aliphatic carbocycles. The topological polar surface area (TPSA) is 94.4 Å². The first-order valence-electron chi connectivity index (χ1n) is 7.30. The Morgan fingerprint density at radius 1 is 1.42 bits per heavy atom. The standard InChI is InChI=1S/C16H19N3O4S/c1-10(20)17-12-6-5-11(7-13(12)19(21)22)23-8-15-18-14(9-24-15)16(2,3)4/h5-7,9H,8H2,1-4H3,(H,17,20). The number of carbonyl (C=O) groups excluding carboxylic acids is 1. The quantitative estimate of drug-likeness (QED) is 0.653. The molecule has 8 heteroatoms. The van der Waals surface area contributed by atoms with Gasteiger partial charge in [0.05, 0.1) is 16.7 Å². The van der Waals surface area contributed by atoms with E-state index in [4.69, 9.17) is 4.74 Å². The molecule has 128 valence electrons. The van der Waals surface area contributed by atoms with Crippen molar-refractivity contribution >= 4 is 28.6 Å². The summed E-state index contributed by atoms with van der Waals surface area (Å²) in [6.07, 6.45) is 0. The molecule has 0 aliphatic heterocycles. The molecule has 2 rings (SSSR count). The van der Waals surface area contributed by atoms with Crippen molar-refractivity contribution in [2.75, 3.05) is 5.32 Å². The van der Waals surface area contributed by atoms with Crippen molar-refractivity contribution in [1.82, 2.24) is 4.98 Å². The van der Waals surface area contributed by atoms with Crippen LogP contribution >= 0.6 is 11.3 Å². The van der Waals surface area contributed by atoms with Crippen molar-refractivity contribution < 1.29 is 14.5 Å². The average molecular weight is 349 g/mol. The first kappa shape index (κ1) is 17.9. The van der Waals surface area contributed by atoms with Crippen molar-refractivity contribution in [1.29, 1.82) is 0 Å². The van der Waals surface area contributed by atoms with Gasteiger partial charge >= 0.3 is 0 Å². The number of hydrogen-bond donors (Lipinski definition) is 1. The number of nitrogens with one attached hydrogen (secondary N) is 1. The second-order valence-electron chi connectivity index (χ2n) is 6.28. The normalized spacial score (nSPS) is 11.2. The van der Waals surface area contributed by atoms with Crippen molar-refractivity contribution in [3.05, 3.63) is 44.4 Å². The van der Waals surface area contributed by atoms with Gasteiger partial charge in [0.25, 0.3) is 5.69 Å². The minimum absolute atomic E-state index is 0.0342. The second kappa shape index (κ2) is 6.96. The summed E-state index contributed by atoms with van der Waals surface area (Å²) >= 11 is 1.49. The number of nitro benzene ring substituents is 1. The van der Waals surface area contributed by atoms with Gasteiger partial charge < -0.3 is 10.1 Å². The predicted molar refractivity (Wildman–Crippen MR) is 92.5 cm³/mol. The van der Waals surface area contributed by atoms with Crippen LogP contribution in [-0.4, -0.2) is 15.8 Å². The molecule has 0 spiro atoms. The zero-order chi connectivity index (χ0) is 17.9. The van der Waals surface area contributed by atoms with Crippen LogP contribution in [0.4, 0.5) is 11.4 Å². The van der Waals surface area contributed by atoms with Crippen LogP contribution in [0.2, 0.25) is 0 Å². The van der Waals surface area contributed by atoms with Crippen molar-refractivity contribution in [2.45, 2.75) is 39.7 Å². The van der Waals surface area contributed by atoms with E-state index in [0.717, 1.165) is 10.7 Å². The highest BCUT2D eigenvalue weighted by molar-refractivity contribution is 7.09. The Bertz CT molecular complexity index is 765. The Kier molecular flexibility index (Phi) is 5.18. The summed E-state index contributed by atoms with van der Waals surface area (Å²) in [7, 11) is 0. The van der Waals surface area contributed by atoms with Crippen molar-refractivity contribution in [2.24, 2.45) is 0 Å². The van der Waals surface area contributed by atoms with E-state index < -0.39 is 4.92 Å². The van der Waals surface area contributed by atoms with Gasteiger partial charge in [-0.15, -0.1) is 11.3 Å². The van der Waals surface area contributed by atoms with Gasteiger partial charge in [-0.25, -0.2) is 4.98 Å². The van der Waals surface area contributed by atoms with Gasteiger partial charge in [0.1, 0.15) is 23.1 Å². The molecule has 1 heterocycles. The SMILES string of the molecule is CC(=O)Nc1ccc(OCc2nc(C(C)(C)C)cs2)cc1[N+](=O)[O-]. The molecule has 7 nitrogen and oxygen atoms in total. The first-order chi connectivity index (χ1) is 11.2. The molecule has 0 bridgehead atoms. The summed E-state index contributed by atoms with van der Waals surface area (Å²) in [4.78, 5) is 26.2. The smallest absolute Gasteiger partial charge is 0.296 e. The lowest BCUT2D eigenvalue weighted by Crippen LogP contribution is -2.11. The fourth-order valence-corrected chi connectivity index (χ4v) is 2.85. The summed E-state index contributed by atoms with van der Waals surface area (Å²) < 4.78 is 5.60. The summed E-state index contributed by atoms with van der Waals surface area (Å²) in [5.74, 6) is -0.0208. The number of amides is 1. The van der Waals surface area contributed by atoms with Crippen LogP contribution in [0, 0.1) is 10.1 Å². The first-order valence-corrected chi connectivity index (χ1v) is 8.18. The van der Waals surface area contributed by atoms with Crippen molar-refractivity contribution in [3.63, 3.8) is 0 Å². The van der Waals surface area contributed by atoms with Crippen LogP contribution < -0.4 is 10.1 Å². The number of anilines is 1. The molecular formula is C16H19N3O4S. The fraction of sp³-hybridized carbons (Fsp3) is 0.375. The summed E-state index contributed by atoms with van der Waals surface area (Å²) in [5.41, 5.74) is 0.882. The molecule has 0 fully saturated rings. The lowest BCUT2D eigenvalue weighted by Gasteiger charge is -2.14. The molecule has 1 aromatic carbocycles. The van der Waals surface area contributed by atoms with E-state index in [9.17, 15) is 14.9 Å². The van der Waals surface area contributed by atoms with Crippen LogP contribution in [0.3, 0.4) is 0 Å². The van der Waals surface area contributed by atoms with E-state index in [-0.39, 0.29) is 29.3 Å². The summed E-state index contributed by atoms with van der Waals surface area (Å²) in [6.45, 7) is 7.77. The minimum atomic E-state index is -0.556. The monoisotopic (exact) mass is 349 g/mol. The van der Waals surface area contributed by atoms with Crippen molar-refractivity contribution in [3.8, 4) is 5.75 Å². The van der Waals surface area contributed by atoms with Gasteiger partial charge in [-0.3, -0.25) is 14.9 Å². The van der Waals surface area contributed by atoms with Crippen LogP contribution in [0.25, 0.3) is 0 Å². The average Bonchev–Trinajstić information content (AvgIpc) is 2.94. The summed E-state index contributed by atoms with van der Waals surface area (Å²) in [6, 6.07) is 4.33. The predicted octanol–water partition coefficient (Wildman–Crippen LogP) is 3.89. The van der Waals surface area contributed by atoms with E-state index in [1.807, 2.05) is 5.38 Å². The Balaban J connectivity index is 2.13. The molecule has 0 aliphatic rings. The lowest BCUT2D eigenvalue weighted by atomic mass is 9.93. The lowest BCUT2D eigenvalue weighted by molar-refractivity contribution is -0.384. The molecule has 0 unspecified atom stereocenters. The maximum atomic E-state index is 11.1. The Labute approximate surface area is 143 Å². The highest BCUT2D eigenvalue weighted by Crippen LogP contribution is 2.30. The molecular weight excluding hydrogens is 330 g/mol. The number of thiazole rings is 1. The Morgan fingerprint density at radius 2 is 2.12 bits per heavy atom. The second-order valence-corrected chi connectivity index (χ2v) is 7.23.